The minimum Gasteiger partial charge on any atom is -0.497 e. The molecule has 0 aliphatic carbocycles. The molecule has 134 valence electrons. The van der Waals surface area contributed by atoms with E-state index < -0.39 is 0 Å². The number of nitrogens with one attached hydrogen (secondary N) is 1. The fourth-order valence-electron chi connectivity index (χ4n) is 2.51. The van der Waals surface area contributed by atoms with Crippen LogP contribution in [-0.2, 0) is 0 Å². The maximum atomic E-state index is 5.55. The molecule has 1 aromatic carbocycles. The molecular weight excluding hydrogens is 348 g/mol. The van der Waals surface area contributed by atoms with Crippen LogP contribution in [0.25, 0.3) is 17.0 Å². The summed E-state index contributed by atoms with van der Waals surface area (Å²) in [6.07, 6.45) is 1.74. The maximum Gasteiger partial charge on any atom is 0.204 e. The first kappa shape index (κ1) is 17.8. The summed E-state index contributed by atoms with van der Waals surface area (Å²) in [6.45, 7) is 4.10. The van der Waals surface area contributed by atoms with Crippen molar-refractivity contribution in [2.45, 2.75) is 0 Å². The number of benzene rings is 1. The molecule has 2 aromatic heterocycles. The van der Waals surface area contributed by atoms with Crippen molar-refractivity contribution < 1.29 is 9.47 Å². The zero-order valence-electron chi connectivity index (χ0n) is 14.9. The van der Waals surface area contributed by atoms with E-state index in [0.29, 0.717) is 11.4 Å². The van der Waals surface area contributed by atoms with Gasteiger partial charge in [-0.25, -0.2) is 4.68 Å². The third-order valence-corrected chi connectivity index (χ3v) is 4.72. The fourth-order valence-corrected chi connectivity index (χ4v) is 3.31. The van der Waals surface area contributed by atoms with Gasteiger partial charge in [0.2, 0.25) is 4.80 Å². The molecule has 3 aromatic rings. The number of pyridine rings is 1. The first-order chi connectivity index (χ1) is 12.7. The summed E-state index contributed by atoms with van der Waals surface area (Å²) in [6, 6.07) is 11.4. The molecule has 7 heteroatoms. The van der Waals surface area contributed by atoms with Crippen LogP contribution in [-0.4, -0.2) is 30.9 Å². The SMILES string of the molecule is C=C(Nn1c(-c2ccc(OC)cc2OC)csc1=NC)c1ccccn1. The van der Waals surface area contributed by atoms with Crippen LogP contribution in [0.2, 0.25) is 0 Å². The topological polar surface area (TPSA) is 60.7 Å². The Balaban J connectivity index is 2.05. The Hall–Kier alpha value is -3.06. The fraction of sp³-hybridized carbons (Fsp3) is 0.158. The van der Waals surface area contributed by atoms with Crippen molar-refractivity contribution in [1.82, 2.24) is 9.66 Å². The highest BCUT2D eigenvalue weighted by molar-refractivity contribution is 7.07. The van der Waals surface area contributed by atoms with Crippen molar-refractivity contribution in [3.8, 4) is 22.8 Å². The van der Waals surface area contributed by atoms with Gasteiger partial charge in [0.1, 0.15) is 11.5 Å². The number of hydrogen-bond acceptors (Lipinski definition) is 6. The van der Waals surface area contributed by atoms with E-state index in [2.05, 4.69) is 22.0 Å². The van der Waals surface area contributed by atoms with Gasteiger partial charge in [-0.05, 0) is 24.3 Å². The van der Waals surface area contributed by atoms with Gasteiger partial charge in [-0.1, -0.05) is 12.6 Å². The molecule has 0 atom stereocenters. The quantitative estimate of drug-likeness (QED) is 0.725. The highest BCUT2D eigenvalue weighted by atomic mass is 32.1. The lowest BCUT2D eigenvalue weighted by atomic mass is 10.1. The molecule has 0 unspecified atom stereocenters. The van der Waals surface area contributed by atoms with Crippen molar-refractivity contribution in [2.24, 2.45) is 4.99 Å². The first-order valence-corrected chi connectivity index (χ1v) is 8.79. The highest BCUT2D eigenvalue weighted by Crippen LogP contribution is 2.33. The van der Waals surface area contributed by atoms with Gasteiger partial charge in [0.15, 0.2) is 0 Å². The Bertz CT molecular complexity index is 977. The number of ether oxygens (including phenoxy) is 2. The van der Waals surface area contributed by atoms with Crippen LogP contribution in [0.5, 0.6) is 11.5 Å². The van der Waals surface area contributed by atoms with Crippen LogP contribution in [0, 0.1) is 0 Å². The van der Waals surface area contributed by atoms with Crippen LogP contribution >= 0.6 is 11.3 Å². The summed E-state index contributed by atoms with van der Waals surface area (Å²) < 4.78 is 12.7. The molecule has 0 aliphatic rings. The van der Waals surface area contributed by atoms with Gasteiger partial charge >= 0.3 is 0 Å². The van der Waals surface area contributed by atoms with E-state index in [1.165, 1.54) is 11.3 Å². The van der Waals surface area contributed by atoms with Gasteiger partial charge in [-0.2, -0.15) is 0 Å². The monoisotopic (exact) mass is 368 g/mol. The van der Waals surface area contributed by atoms with Crippen LogP contribution in [0.4, 0.5) is 0 Å². The number of methoxy groups -OCH3 is 2. The van der Waals surface area contributed by atoms with E-state index >= 15 is 0 Å². The van der Waals surface area contributed by atoms with Crippen molar-refractivity contribution >= 4 is 17.0 Å². The number of rotatable bonds is 6. The molecule has 1 N–H and O–H groups in total. The summed E-state index contributed by atoms with van der Waals surface area (Å²) >= 11 is 1.52. The number of nitrogens with zero attached hydrogens (tertiary/aromatic N) is 3. The average Bonchev–Trinajstić information content (AvgIpc) is 3.10. The van der Waals surface area contributed by atoms with Crippen molar-refractivity contribution in [1.29, 1.82) is 0 Å². The molecule has 0 saturated heterocycles. The summed E-state index contributed by atoms with van der Waals surface area (Å²) in [5.74, 6) is 1.45. The van der Waals surface area contributed by atoms with Gasteiger partial charge in [-0.15, -0.1) is 11.3 Å². The Morgan fingerprint density at radius 2 is 2.08 bits per heavy atom. The minimum absolute atomic E-state index is 0.674. The van der Waals surface area contributed by atoms with Crippen molar-refractivity contribution in [2.75, 3.05) is 26.7 Å². The Morgan fingerprint density at radius 3 is 2.73 bits per heavy atom. The van der Waals surface area contributed by atoms with Gasteiger partial charge in [-0.3, -0.25) is 15.4 Å². The maximum absolute atomic E-state index is 5.55. The van der Waals surface area contributed by atoms with E-state index in [4.69, 9.17) is 9.47 Å². The van der Waals surface area contributed by atoms with Crippen molar-refractivity contribution in [3.05, 3.63) is 65.0 Å². The van der Waals surface area contributed by atoms with E-state index in [1.54, 1.807) is 27.5 Å². The van der Waals surface area contributed by atoms with Crippen LogP contribution < -0.4 is 19.7 Å². The second kappa shape index (κ2) is 7.88. The molecule has 0 bridgehead atoms. The minimum atomic E-state index is 0.674. The predicted molar refractivity (Wildman–Crippen MR) is 105 cm³/mol. The molecule has 0 fully saturated rings. The zero-order valence-corrected chi connectivity index (χ0v) is 15.7. The molecule has 26 heavy (non-hydrogen) atoms. The average molecular weight is 368 g/mol. The largest absolute Gasteiger partial charge is 0.497 e. The lowest BCUT2D eigenvalue weighted by molar-refractivity contribution is 0.395. The molecule has 0 radical (unpaired) electrons. The van der Waals surface area contributed by atoms with Gasteiger partial charge in [0.05, 0.1) is 31.3 Å². The Morgan fingerprint density at radius 1 is 1.23 bits per heavy atom. The second-order valence-electron chi connectivity index (χ2n) is 5.33. The van der Waals surface area contributed by atoms with Crippen LogP contribution in [0.1, 0.15) is 5.69 Å². The van der Waals surface area contributed by atoms with Crippen molar-refractivity contribution in [3.63, 3.8) is 0 Å². The van der Waals surface area contributed by atoms with Gasteiger partial charge in [0.25, 0.3) is 0 Å². The number of aromatic nitrogens is 2. The molecule has 0 aliphatic heterocycles. The molecule has 0 saturated carbocycles. The lowest BCUT2D eigenvalue weighted by Gasteiger charge is -2.15. The van der Waals surface area contributed by atoms with E-state index in [0.717, 1.165) is 27.5 Å². The van der Waals surface area contributed by atoms with E-state index in [-0.39, 0.29) is 0 Å². The normalized spacial score (nSPS) is 11.3. The molecule has 3 rings (SSSR count). The Kier molecular flexibility index (Phi) is 5.38. The standard InChI is InChI=1S/C19H20N4O2S/c1-13(16-7-5-6-10-21-16)22-23-17(12-26-19(23)20-2)15-9-8-14(24-3)11-18(15)25-4/h5-12,22H,1H2,2-4H3. The third-order valence-electron chi connectivity index (χ3n) is 3.80. The Labute approximate surface area is 156 Å². The van der Waals surface area contributed by atoms with E-state index in [9.17, 15) is 0 Å². The second-order valence-corrected chi connectivity index (χ2v) is 6.17. The predicted octanol–water partition coefficient (Wildman–Crippen LogP) is 3.37. The molecule has 6 nitrogen and oxygen atoms in total. The van der Waals surface area contributed by atoms with Gasteiger partial charge in [0, 0.05) is 30.3 Å². The summed E-state index contributed by atoms with van der Waals surface area (Å²) in [4.78, 5) is 9.48. The summed E-state index contributed by atoms with van der Waals surface area (Å²) in [5.41, 5.74) is 6.56. The number of hydrogen-bond donors (Lipinski definition) is 1. The number of thiazole rings is 1. The molecule has 2 heterocycles. The third kappa shape index (κ3) is 3.48. The molecular formula is C19H20N4O2S. The lowest BCUT2D eigenvalue weighted by Crippen LogP contribution is -2.25. The molecule has 0 spiro atoms. The molecule has 0 amide bonds. The smallest absolute Gasteiger partial charge is 0.204 e. The summed E-state index contributed by atoms with van der Waals surface area (Å²) in [5, 5.41) is 2.02. The highest BCUT2D eigenvalue weighted by Gasteiger charge is 2.14. The first-order valence-electron chi connectivity index (χ1n) is 7.91. The van der Waals surface area contributed by atoms with Crippen LogP contribution in [0.15, 0.2) is 59.5 Å². The van der Waals surface area contributed by atoms with E-state index in [1.807, 2.05) is 46.5 Å². The summed E-state index contributed by atoms with van der Waals surface area (Å²) in [7, 11) is 5.02. The zero-order chi connectivity index (χ0) is 18.5. The van der Waals surface area contributed by atoms with Gasteiger partial charge < -0.3 is 9.47 Å². The van der Waals surface area contributed by atoms with Crippen LogP contribution in [0.3, 0.4) is 0 Å².